The SMILES string of the molecule is O=C(Cc1cccs1)N/N=C\C=C/c1ccccc1[N+](=O)[O-]. The number of rotatable bonds is 6. The van der Waals surface area contributed by atoms with Crippen LogP contribution in [0, 0.1) is 10.1 Å². The predicted molar refractivity (Wildman–Crippen MR) is 86.8 cm³/mol. The minimum Gasteiger partial charge on any atom is -0.273 e. The molecule has 2 rings (SSSR count). The van der Waals surface area contributed by atoms with Gasteiger partial charge in [0.1, 0.15) is 0 Å². The van der Waals surface area contributed by atoms with Crippen LogP contribution in [-0.4, -0.2) is 17.0 Å². The van der Waals surface area contributed by atoms with Gasteiger partial charge in [0.25, 0.3) is 5.69 Å². The zero-order valence-corrected chi connectivity index (χ0v) is 12.3. The zero-order chi connectivity index (χ0) is 15.8. The number of hydrazone groups is 1. The van der Waals surface area contributed by atoms with Crippen LogP contribution < -0.4 is 5.43 Å². The van der Waals surface area contributed by atoms with Crippen LogP contribution in [0.5, 0.6) is 0 Å². The van der Waals surface area contributed by atoms with E-state index in [1.165, 1.54) is 29.7 Å². The third-order valence-corrected chi connectivity index (χ3v) is 3.55. The Hall–Kier alpha value is -2.80. The molecule has 0 aliphatic rings. The Morgan fingerprint density at radius 3 is 2.86 bits per heavy atom. The van der Waals surface area contributed by atoms with Crippen molar-refractivity contribution in [2.24, 2.45) is 5.10 Å². The second-order valence-corrected chi connectivity index (χ2v) is 5.28. The monoisotopic (exact) mass is 315 g/mol. The Bertz CT molecular complexity index is 709. The molecule has 1 aromatic heterocycles. The number of hydrogen-bond donors (Lipinski definition) is 1. The molecule has 2 aromatic rings. The number of benzene rings is 1. The molecule has 112 valence electrons. The number of hydrogen-bond acceptors (Lipinski definition) is 5. The molecule has 22 heavy (non-hydrogen) atoms. The minimum absolute atomic E-state index is 0.0221. The fourth-order valence-electron chi connectivity index (χ4n) is 1.70. The summed E-state index contributed by atoms with van der Waals surface area (Å²) in [5.41, 5.74) is 2.89. The first kappa shape index (κ1) is 15.6. The van der Waals surface area contributed by atoms with Crippen molar-refractivity contribution >= 4 is 35.2 Å². The molecule has 0 aliphatic carbocycles. The van der Waals surface area contributed by atoms with Gasteiger partial charge in [-0.15, -0.1) is 11.3 Å². The summed E-state index contributed by atoms with van der Waals surface area (Å²) in [6.07, 6.45) is 4.76. The van der Waals surface area contributed by atoms with Gasteiger partial charge in [-0.2, -0.15) is 5.10 Å². The molecule has 0 aliphatic heterocycles. The second-order valence-electron chi connectivity index (χ2n) is 4.24. The van der Waals surface area contributed by atoms with Crippen molar-refractivity contribution in [3.05, 3.63) is 68.4 Å². The maximum absolute atomic E-state index is 11.6. The highest BCUT2D eigenvalue weighted by Gasteiger charge is 2.08. The van der Waals surface area contributed by atoms with Gasteiger partial charge in [-0.1, -0.05) is 18.2 Å². The van der Waals surface area contributed by atoms with Crippen molar-refractivity contribution in [1.29, 1.82) is 0 Å². The molecule has 0 saturated heterocycles. The molecule has 6 nitrogen and oxygen atoms in total. The van der Waals surface area contributed by atoms with Crippen molar-refractivity contribution in [3.63, 3.8) is 0 Å². The predicted octanol–water partition coefficient (Wildman–Crippen LogP) is 3.01. The number of nitro benzene ring substituents is 1. The third-order valence-electron chi connectivity index (χ3n) is 2.67. The normalized spacial score (nSPS) is 11.1. The molecule has 1 heterocycles. The third kappa shape index (κ3) is 4.64. The second kappa shape index (κ2) is 7.84. The fourth-order valence-corrected chi connectivity index (χ4v) is 2.41. The fraction of sp³-hybridized carbons (Fsp3) is 0.0667. The first-order valence-corrected chi connectivity index (χ1v) is 7.29. The lowest BCUT2D eigenvalue weighted by Gasteiger charge is -1.96. The number of nitro groups is 1. The number of nitrogens with zero attached hydrogens (tertiary/aromatic N) is 2. The number of nitrogens with one attached hydrogen (secondary N) is 1. The van der Waals surface area contributed by atoms with E-state index in [9.17, 15) is 14.9 Å². The first-order chi connectivity index (χ1) is 10.7. The molecule has 1 aromatic carbocycles. The standard InChI is InChI=1S/C15H13N3O3S/c19-15(11-13-7-4-10-22-13)17-16-9-3-6-12-5-1-2-8-14(12)18(20)21/h1-10H,11H2,(H,17,19)/b6-3-,16-9-. The molecule has 0 fully saturated rings. The minimum atomic E-state index is -0.445. The topological polar surface area (TPSA) is 84.6 Å². The summed E-state index contributed by atoms with van der Waals surface area (Å²) in [6, 6.07) is 10.1. The van der Waals surface area contributed by atoms with Crippen LogP contribution in [0.4, 0.5) is 5.69 Å². The smallest absolute Gasteiger partial charge is 0.273 e. The van der Waals surface area contributed by atoms with Crippen molar-refractivity contribution in [2.75, 3.05) is 0 Å². The van der Waals surface area contributed by atoms with E-state index in [1.54, 1.807) is 24.3 Å². The number of carbonyl (C=O) groups is 1. The molecule has 0 saturated carbocycles. The summed E-state index contributed by atoms with van der Waals surface area (Å²) in [5, 5.41) is 16.5. The van der Waals surface area contributed by atoms with Crippen LogP contribution in [-0.2, 0) is 11.2 Å². The summed E-state index contributed by atoms with van der Waals surface area (Å²) < 4.78 is 0. The summed E-state index contributed by atoms with van der Waals surface area (Å²) in [6.45, 7) is 0. The molecular weight excluding hydrogens is 302 g/mol. The van der Waals surface area contributed by atoms with Crippen LogP contribution in [0.15, 0.2) is 53.0 Å². The van der Waals surface area contributed by atoms with Crippen LogP contribution in [0.25, 0.3) is 6.08 Å². The lowest BCUT2D eigenvalue weighted by Crippen LogP contribution is -2.18. The van der Waals surface area contributed by atoms with E-state index in [1.807, 2.05) is 17.5 Å². The van der Waals surface area contributed by atoms with Gasteiger partial charge in [0.2, 0.25) is 5.91 Å². The Labute approximate surface area is 130 Å². The summed E-state index contributed by atoms with van der Waals surface area (Å²) in [4.78, 5) is 22.9. The van der Waals surface area contributed by atoms with E-state index < -0.39 is 4.92 Å². The number of allylic oxidation sites excluding steroid dienone is 1. The Kier molecular flexibility index (Phi) is 5.56. The highest BCUT2D eigenvalue weighted by Crippen LogP contribution is 2.18. The van der Waals surface area contributed by atoms with E-state index in [2.05, 4.69) is 10.5 Å². The van der Waals surface area contributed by atoms with Crippen molar-refractivity contribution in [3.8, 4) is 0 Å². The van der Waals surface area contributed by atoms with Gasteiger partial charge in [-0.05, 0) is 29.7 Å². The molecular formula is C15H13N3O3S. The maximum Gasteiger partial charge on any atom is 0.276 e. The van der Waals surface area contributed by atoms with Crippen LogP contribution in [0.1, 0.15) is 10.4 Å². The van der Waals surface area contributed by atoms with Gasteiger partial charge < -0.3 is 0 Å². The lowest BCUT2D eigenvalue weighted by molar-refractivity contribution is -0.385. The molecule has 7 heteroatoms. The van der Waals surface area contributed by atoms with Crippen LogP contribution in [0.3, 0.4) is 0 Å². The van der Waals surface area contributed by atoms with E-state index in [0.717, 1.165) is 4.88 Å². The van der Waals surface area contributed by atoms with Gasteiger partial charge in [0, 0.05) is 17.2 Å². The number of carbonyl (C=O) groups excluding carboxylic acids is 1. The van der Waals surface area contributed by atoms with Gasteiger partial charge in [-0.25, -0.2) is 5.43 Å². The van der Waals surface area contributed by atoms with Gasteiger partial charge in [0.15, 0.2) is 0 Å². The van der Waals surface area contributed by atoms with Gasteiger partial charge in [0.05, 0.1) is 16.9 Å². The highest BCUT2D eigenvalue weighted by atomic mass is 32.1. The zero-order valence-electron chi connectivity index (χ0n) is 11.5. The summed E-state index contributed by atoms with van der Waals surface area (Å²) in [7, 11) is 0. The van der Waals surface area contributed by atoms with Gasteiger partial charge >= 0.3 is 0 Å². The quantitative estimate of drug-likeness (QED) is 0.505. The van der Waals surface area contributed by atoms with Crippen molar-refractivity contribution in [1.82, 2.24) is 5.43 Å². The van der Waals surface area contributed by atoms with Crippen molar-refractivity contribution in [2.45, 2.75) is 6.42 Å². The molecule has 0 spiro atoms. The summed E-state index contributed by atoms with van der Waals surface area (Å²) in [5.74, 6) is -0.210. The largest absolute Gasteiger partial charge is 0.276 e. The van der Waals surface area contributed by atoms with Crippen molar-refractivity contribution < 1.29 is 9.72 Å². The van der Waals surface area contributed by atoms with E-state index in [-0.39, 0.29) is 18.0 Å². The Balaban J connectivity index is 1.87. The molecule has 0 bridgehead atoms. The van der Waals surface area contributed by atoms with Gasteiger partial charge in [-0.3, -0.25) is 14.9 Å². The highest BCUT2D eigenvalue weighted by molar-refractivity contribution is 7.10. The lowest BCUT2D eigenvalue weighted by atomic mass is 10.2. The maximum atomic E-state index is 11.6. The first-order valence-electron chi connectivity index (χ1n) is 6.41. The molecule has 0 unspecified atom stereocenters. The van der Waals surface area contributed by atoms with E-state index in [4.69, 9.17) is 0 Å². The Morgan fingerprint density at radius 2 is 2.14 bits per heavy atom. The van der Waals surface area contributed by atoms with E-state index >= 15 is 0 Å². The molecule has 1 N–H and O–H groups in total. The average molecular weight is 315 g/mol. The molecule has 0 atom stereocenters. The number of thiophene rings is 1. The molecule has 1 amide bonds. The number of para-hydroxylation sites is 1. The average Bonchev–Trinajstić information content (AvgIpc) is 3.00. The Morgan fingerprint density at radius 1 is 1.32 bits per heavy atom. The molecule has 0 radical (unpaired) electrons. The van der Waals surface area contributed by atoms with Crippen LogP contribution in [0.2, 0.25) is 0 Å². The number of amides is 1. The summed E-state index contributed by atoms with van der Waals surface area (Å²) >= 11 is 1.51. The van der Waals surface area contributed by atoms with Crippen LogP contribution >= 0.6 is 11.3 Å². The van der Waals surface area contributed by atoms with E-state index in [0.29, 0.717) is 5.56 Å².